The monoisotopic (exact) mass is 232 g/mol. The van der Waals surface area contributed by atoms with Gasteiger partial charge in [-0.2, -0.15) is 0 Å². The molecule has 0 atom stereocenters. The number of amides is 1. The average molecular weight is 233 g/mol. The molecule has 5 nitrogen and oxygen atoms in total. The van der Waals surface area contributed by atoms with E-state index in [0.717, 1.165) is 0 Å². The highest BCUT2D eigenvalue weighted by atomic mass is 35.5. The van der Waals surface area contributed by atoms with Crippen LogP contribution in [-0.4, -0.2) is 28.7 Å². The third-order valence-corrected chi connectivity index (χ3v) is 2.04. The topological polar surface area (TPSA) is 80.9 Å². The first-order valence-electron chi connectivity index (χ1n) is 3.72. The van der Waals surface area contributed by atoms with E-state index in [-0.39, 0.29) is 6.54 Å². The number of hydrogen-bond donors (Lipinski definition) is 2. The van der Waals surface area contributed by atoms with Crippen LogP contribution in [0, 0.1) is 0 Å². The third-order valence-electron chi connectivity index (χ3n) is 1.30. The number of carbonyl (C=O) groups excluding carboxylic acids is 1. The van der Waals surface area contributed by atoms with Crippen LogP contribution < -0.4 is 11.1 Å². The van der Waals surface area contributed by atoms with Crippen molar-refractivity contribution in [3.8, 4) is 0 Å². The van der Waals surface area contributed by atoms with Gasteiger partial charge < -0.3 is 11.1 Å². The predicted molar refractivity (Wildman–Crippen MR) is 56.5 cm³/mol. The van der Waals surface area contributed by atoms with Gasteiger partial charge >= 0.3 is 0 Å². The summed E-state index contributed by atoms with van der Waals surface area (Å²) >= 11 is 7.09. The van der Waals surface area contributed by atoms with Crippen LogP contribution in [0.1, 0.15) is 0 Å². The molecule has 0 aliphatic carbocycles. The molecular formula is C7H9ClN4OS. The van der Waals surface area contributed by atoms with Gasteiger partial charge in [-0.1, -0.05) is 23.4 Å². The van der Waals surface area contributed by atoms with E-state index < -0.39 is 5.91 Å². The van der Waals surface area contributed by atoms with Crippen LogP contribution in [0.15, 0.2) is 11.2 Å². The molecule has 0 aliphatic heterocycles. The maximum atomic E-state index is 10.5. The van der Waals surface area contributed by atoms with Crippen molar-refractivity contribution < 1.29 is 4.79 Å². The van der Waals surface area contributed by atoms with Gasteiger partial charge in [0, 0.05) is 6.07 Å². The highest BCUT2D eigenvalue weighted by Crippen LogP contribution is 2.16. The Morgan fingerprint density at radius 1 is 1.71 bits per heavy atom. The molecule has 0 bridgehead atoms. The first-order valence-corrected chi connectivity index (χ1v) is 5.33. The Balaban J connectivity index is 2.76. The van der Waals surface area contributed by atoms with Crippen molar-refractivity contribution in [3.05, 3.63) is 11.2 Å². The van der Waals surface area contributed by atoms with E-state index in [2.05, 4.69) is 15.3 Å². The third kappa shape index (κ3) is 3.39. The molecule has 0 radical (unpaired) electrons. The second-order valence-corrected chi connectivity index (χ2v) is 3.54. The SMILES string of the molecule is CSc1nc(Cl)cc(NCC(N)=O)n1. The van der Waals surface area contributed by atoms with Crippen LogP contribution in [0.4, 0.5) is 5.82 Å². The van der Waals surface area contributed by atoms with Gasteiger partial charge in [0.05, 0.1) is 6.54 Å². The van der Waals surface area contributed by atoms with Crippen molar-refractivity contribution >= 4 is 35.1 Å². The molecule has 0 aromatic carbocycles. The zero-order chi connectivity index (χ0) is 10.6. The maximum absolute atomic E-state index is 10.5. The van der Waals surface area contributed by atoms with Gasteiger partial charge in [0.25, 0.3) is 0 Å². The van der Waals surface area contributed by atoms with Gasteiger partial charge in [0.1, 0.15) is 11.0 Å². The fourth-order valence-corrected chi connectivity index (χ4v) is 1.37. The van der Waals surface area contributed by atoms with Crippen LogP contribution in [0.5, 0.6) is 0 Å². The second-order valence-electron chi connectivity index (χ2n) is 2.38. The number of anilines is 1. The lowest BCUT2D eigenvalue weighted by molar-refractivity contribution is -0.116. The highest BCUT2D eigenvalue weighted by molar-refractivity contribution is 7.98. The van der Waals surface area contributed by atoms with E-state index in [1.165, 1.54) is 17.8 Å². The molecule has 0 saturated heterocycles. The molecule has 0 unspecified atom stereocenters. The van der Waals surface area contributed by atoms with E-state index in [9.17, 15) is 4.79 Å². The second kappa shape index (κ2) is 5.02. The summed E-state index contributed by atoms with van der Waals surface area (Å²) in [5, 5.41) is 3.61. The Bertz CT molecular complexity index is 346. The van der Waals surface area contributed by atoms with Crippen molar-refractivity contribution in [2.45, 2.75) is 5.16 Å². The van der Waals surface area contributed by atoms with Gasteiger partial charge in [0.15, 0.2) is 5.16 Å². The van der Waals surface area contributed by atoms with E-state index in [4.69, 9.17) is 17.3 Å². The Kier molecular flexibility index (Phi) is 3.97. The van der Waals surface area contributed by atoms with E-state index in [0.29, 0.717) is 16.1 Å². The van der Waals surface area contributed by atoms with Crippen molar-refractivity contribution in [2.24, 2.45) is 5.73 Å². The average Bonchev–Trinajstić information content (AvgIpc) is 2.14. The summed E-state index contributed by atoms with van der Waals surface area (Å²) in [6.45, 7) is 0.0289. The molecule has 0 fully saturated rings. The number of hydrogen-bond acceptors (Lipinski definition) is 5. The number of halogens is 1. The zero-order valence-electron chi connectivity index (χ0n) is 7.45. The number of nitrogens with zero attached hydrogens (tertiary/aromatic N) is 2. The van der Waals surface area contributed by atoms with Gasteiger partial charge in [0.2, 0.25) is 5.91 Å². The fourth-order valence-electron chi connectivity index (χ4n) is 0.756. The quantitative estimate of drug-likeness (QED) is 0.455. The van der Waals surface area contributed by atoms with Crippen LogP contribution in [0.2, 0.25) is 5.15 Å². The minimum Gasteiger partial charge on any atom is -0.368 e. The molecule has 0 saturated carbocycles. The summed E-state index contributed by atoms with van der Waals surface area (Å²) in [4.78, 5) is 18.5. The molecule has 0 spiro atoms. The summed E-state index contributed by atoms with van der Waals surface area (Å²) in [6, 6.07) is 1.53. The first-order chi connectivity index (χ1) is 6.61. The fraction of sp³-hybridized carbons (Fsp3) is 0.286. The van der Waals surface area contributed by atoms with Crippen molar-refractivity contribution in [1.82, 2.24) is 9.97 Å². The van der Waals surface area contributed by atoms with Gasteiger partial charge in [-0.05, 0) is 6.26 Å². The van der Waals surface area contributed by atoms with E-state index in [1.807, 2.05) is 6.26 Å². The van der Waals surface area contributed by atoms with Crippen molar-refractivity contribution in [3.63, 3.8) is 0 Å². The summed E-state index contributed by atoms with van der Waals surface area (Å²) < 4.78 is 0. The Morgan fingerprint density at radius 3 is 3.00 bits per heavy atom. The van der Waals surface area contributed by atoms with Crippen LogP contribution >= 0.6 is 23.4 Å². The molecular weight excluding hydrogens is 224 g/mol. The summed E-state index contributed by atoms with van der Waals surface area (Å²) in [7, 11) is 0. The molecule has 1 rings (SSSR count). The van der Waals surface area contributed by atoms with Gasteiger partial charge in [-0.25, -0.2) is 9.97 Å². The Morgan fingerprint density at radius 2 is 2.43 bits per heavy atom. The Hall–Kier alpha value is -1.01. The molecule has 76 valence electrons. The molecule has 7 heteroatoms. The van der Waals surface area contributed by atoms with Crippen LogP contribution in [0.25, 0.3) is 0 Å². The number of carbonyl (C=O) groups is 1. The lowest BCUT2D eigenvalue weighted by atomic mass is 10.5. The molecule has 1 amide bonds. The minimum atomic E-state index is -0.453. The van der Waals surface area contributed by atoms with E-state index in [1.54, 1.807) is 0 Å². The smallest absolute Gasteiger partial charge is 0.236 e. The summed E-state index contributed by atoms with van der Waals surface area (Å²) in [5.74, 6) is 0.0404. The van der Waals surface area contributed by atoms with Crippen LogP contribution in [-0.2, 0) is 4.79 Å². The number of thioether (sulfide) groups is 1. The van der Waals surface area contributed by atoms with Gasteiger partial charge in [-0.3, -0.25) is 4.79 Å². The number of primary amides is 1. The number of aromatic nitrogens is 2. The summed E-state index contributed by atoms with van der Waals surface area (Å²) in [5.41, 5.74) is 4.97. The maximum Gasteiger partial charge on any atom is 0.236 e. The molecule has 3 N–H and O–H groups in total. The molecule has 1 aromatic heterocycles. The highest BCUT2D eigenvalue weighted by Gasteiger charge is 2.02. The largest absolute Gasteiger partial charge is 0.368 e. The van der Waals surface area contributed by atoms with E-state index >= 15 is 0 Å². The molecule has 1 heterocycles. The number of nitrogens with one attached hydrogen (secondary N) is 1. The normalized spacial score (nSPS) is 9.86. The predicted octanol–water partition coefficient (Wildman–Crippen LogP) is 0.749. The molecule has 1 aromatic rings. The minimum absolute atomic E-state index is 0.0289. The first kappa shape index (κ1) is 11.1. The van der Waals surface area contributed by atoms with Crippen LogP contribution in [0.3, 0.4) is 0 Å². The molecule has 0 aliphatic rings. The standard InChI is InChI=1S/C7H9ClN4OS/c1-14-7-11-4(8)2-6(12-7)10-3-5(9)13/h2H,3H2,1H3,(H2,9,13)(H,10,11,12). The number of nitrogens with two attached hydrogens (primary N) is 1. The van der Waals surface area contributed by atoms with Crippen molar-refractivity contribution in [1.29, 1.82) is 0 Å². The Labute approximate surface area is 90.4 Å². The van der Waals surface area contributed by atoms with Gasteiger partial charge in [-0.15, -0.1) is 0 Å². The lowest BCUT2D eigenvalue weighted by Crippen LogP contribution is -2.22. The zero-order valence-corrected chi connectivity index (χ0v) is 9.02. The summed E-state index contributed by atoms with van der Waals surface area (Å²) in [6.07, 6.45) is 1.84. The number of rotatable bonds is 4. The van der Waals surface area contributed by atoms with Crippen molar-refractivity contribution in [2.75, 3.05) is 18.1 Å². The molecule has 14 heavy (non-hydrogen) atoms. The lowest BCUT2D eigenvalue weighted by Gasteiger charge is -2.04.